The van der Waals surface area contributed by atoms with Gasteiger partial charge in [-0.2, -0.15) is 0 Å². The van der Waals surface area contributed by atoms with Crippen molar-refractivity contribution in [3.8, 4) is 5.75 Å². The number of benzene rings is 5. The Labute approximate surface area is 272 Å². The minimum atomic E-state index is -4.43. The average molecular weight is 685 g/mol. The van der Waals surface area contributed by atoms with Gasteiger partial charge in [0.25, 0.3) is 10.0 Å². The Balaban J connectivity index is 1.37. The van der Waals surface area contributed by atoms with Gasteiger partial charge in [0, 0.05) is 35.6 Å². The third kappa shape index (κ3) is 6.87. The summed E-state index contributed by atoms with van der Waals surface area (Å²) in [5.74, 6) is -1.44. The van der Waals surface area contributed by atoms with Crippen molar-refractivity contribution in [2.24, 2.45) is 0 Å². The lowest BCUT2D eigenvalue weighted by Gasteiger charge is -2.32. The Morgan fingerprint density at radius 3 is 2.24 bits per heavy atom. The van der Waals surface area contributed by atoms with Crippen LogP contribution in [0.1, 0.15) is 24.9 Å². The van der Waals surface area contributed by atoms with Gasteiger partial charge < -0.3 is 4.74 Å². The molecule has 5 aromatic rings. The Bertz CT molecular complexity index is 2070. The quantitative estimate of drug-likeness (QED) is 0.125. The molecule has 0 amide bonds. The average Bonchev–Trinajstić information content (AvgIpc) is 3.04. The molecule has 1 unspecified atom stereocenters. The molecule has 0 radical (unpaired) electrons. The van der Waals surface area contributed by atoms with E-state index >= 15 is 4.39 Å². The Morgan fingerprint density at radius 2 is 1.48 bits per heavy atom. The summed E-state index contributed by atoms with van der Waals surface area (Å²) in [6, 6.07) is 26.0. The van der Waals surface area contributed by atoms with E-state index in [2.05, 4.69) is 0 Å². The molecule has 12 heteroatoms. The molecule has 7 nitrogen and oxygen atoms in total. The number of sulfonamides is 2. The molecule has 0 aliphatic carbocycles. The van der Waals surface area contributed by atoms with Gasteiger partial charge in [0.15, 0.2) is 0 Å². The van der Waals surface area contributed by atoms with Crippen molar-refractivity contribution in [1.82, 2.24) is 4.31 Å². The second-order valence-corrected chi connectivity index (χ2v) is 14.8. The van der Waals surface area contributed by atoms with Crippen molar-refractivity contribution >= 4 is 48.1 Å². The van der Waals surface area contributed by atoms with Crippen LogP contribution in [0.15, 0.2) is 119 Å². The first-order chi connectivity index (χ1) is 21.9. The normalized spacial score (nSPS) is 12.7. The van der Waals surface area contributed by atoms with Gasteiger partial charge in [0.1, 0.15) is 17.4 Å². The van der Waals surface area contributed by atoms with Crippen molar-refractivity contribution in [2.75, 3.05) is 24.5 Å². The zero-order valence-electron chi connectivity index (χ0n) is 25.0. The first kappa shape index (κ1) is 33.3. The highest BCUT2D eigenvalue weighted by Crippen LogP contribution is 2.38. The summed E-state index contributed by atoms with van der Waals surface area (Å²) in [5.41, 5.74) is -0.0852. The number of anilines is 1. The SMILES string of the molecule is CC(c1ccccc1OCCCN(C)S(=O)(=O)c1cccc2ccccc12)N(c1cc(F)ccc1F)S(=O)(=O)c1ccc(Cl)cc1. The zero-order valence-corrected chi connectivity index (χ0v) is 27.4. The minimum Gasteiger partial charge on any atom is -0.493 e. The van der Waals surface area contributed by atoms with Crippen LogP contribution in [-0.4, -0.2) is 41.3 Å². The molecule has 0 N–H and O–H groups in total. The fourth-order valence-electron chi connectivity index (χ4n) is 5.18. The van der Waals surface area contributed by atoms with Crippen LogP contribution in [-0.2, 0) is 20.0 Å². The molecule has 240 valence electrons. The zero-order chi connectivity index (χ0) is 33.1. The summed E-state index contributed by atoms with van der Waals surface area (Å²) in [5, 5.41) is 1.75. The van der Waals surface area contributed by atoms with Crippen molar-refractivity contribution in [3.05, 3.63) is 131 Å². The summed E-state index contributed by atoms with van der Waals surface area (Å²) in [7, 11) is -6.73. The lowest BCUT2D eigenvalue weighted by atomic mass is 10.1. The van der Waals surface area contributed by atoms with Gasteiger partial charge >= 0.3 is 0 Å². The predicted molar refractivity (Wildman–Crippen MR) is 176 cm³/mol. The van der Waals surface area contributed by atoms with Gasteiger partial charge in [-0.05, 0) is 67.3 Å². The predicted octanol–water partition coefficient (Wildman–Crippen LogP) is 7.82. The number of para-hydroxylation sites is 1. The number of fused-ring (bicyclic) bond motifs is 1. The van der Waals surface area contributed by atoms with Gasteiger partial charge in [-0.3, -0.25) is 4.31 Å². The van der Waals surface area contributed by atoms with Crippen LogP contribution in [0.25, 0.3) is 10.8 Å². The fraction of sp³-hybridized carbons (Fsp3) is 0.176. The standard InChI is InChI=1S/C34H31ClF2N2O5S2/c1-24(39(32-23-27(36)17-20-31(32)37)45(40,41)28-18-15-26(35)16-19-28)29-11-5-6-13-33(29)44-22-8-21-38(2)46(42,43)34-14-7-10-25-9-3-4-12-30(25)34/h3-7,9-20,23-24H,8,21-22H2,1-2H3. The van der Waals surface area contributed by atoms with Gasteiger partial charge in [-0.25, -0.2) is 29.9 Å². The molecule has 0 spiro atoms. The molecule has 5 rings (SSSR count). The van der Waals surface area contributed by atoms with E-state index in [1.807, 2.05) is 18.2 Å². The van der Waals surface area contributed by atoms with Crippen LogP contribution in [0.3, 0.4) is 0 Å². The molecule has 0 aliphatic heterocycles. The van der Waals surface area contributed by atoms with Crippen LogP contribution in [0, 0.1) is 11.6 Å². The van der Waals surface area contributed by atoms with Crippen LogP contribution in [0.5, 0.6) is 5.75 Å². The highest BCUT2D eigenvalue weighted by Gasteiger charge is 2.34. The van der Waals surface area contributed by atoms with E-state index in [4.69, 9.17) is 16.3 Å². The molecule has 5 aromatic carbocycles. The van der Waals surface area contributed by atoms with Crippen LogP contribution in [0.2, 0.25) is 5.02 Å². The number of nitrogens with zero attached hydrogens (tertiary/aromatic N) is 2. The third-order valence-corrected chi connectivity index (χ3v) is 11.6. The Hall–Kier alpha value is -4.03. The minimum absolute atomic E-state index is 0.0946. The maximum atomic E-state index is 15.2. The third-order valence-electron chi connectivity index (χ3n) is 7.55. The molecule has 1 atom stereocenters. The second-order valence-electron chi connectivity index (χ2n) is 10.6. The lowest BCUT2D eigenvalue weighted by Crippen LogP contribution is -2.34. The summed E-state index contributed by atoms with van der Waals surface area (Å²) in [6.45, 7) is 1.79. The second kappa shape index (κ2) is 13.8. The Kier molecular flexibility index (Phi) is 9.97. The molecular weight excluding hydrogens is 654 g/mol. The Morgan fingerprint density at radius 1 is 0.804 bits per heavy atom. The molecule has 0 saturated heterocycles. The van der Waals surface area contributed by atoms with Gasteiger partial charge in [-0.15, -0.1) is 0 Å². The first-order valence-electron chi connectivity index (χ1n) is 14.3. The summed E-state index contributed by atoms with van der Waals surface area (Å²) < 4.78 is 92.4. The highest BCUT2D eigenvalue weighted by molar-refractivity contribution is 7.92. The van der Waals surface area contributed by atoms with E-state index in [1.165, 1.54) is 35.6 Å². The van der Waals surface area contributed by atoms with Crippen LogP contribution >= 0.6 is 11.6 Å². The molecule has 0 aromatic heterocycles. The maximum absolute atomic E-state index is 15.2. The largest absolute Gasteiger partial charge is 0.493 e. The smallest absolute Gasteiger partial charge is 0.264 e. The van der Waals surface area contributed by atoms with E-state index in [9.17, 15) is 21.2 Å². The number of ether oxygens (including phenoxy) is 1. The lowest BCUT2D eigenvalue weighted by molar-refractivity contribution is 0.293. The molecule has 0 aliphatic rings. The van der Waals surface area contributed by atoms with E-state index in [1.54, 1.807) is 55.5 Å². The molecule has 46 heavy (non-hydrogen) atoms. The summed E-state index contributed by atoms with van der Waals surface area (Å²) in [4.78, 5) is 0.0426. The topological polar surface area (TPSA) is 84.0 Å². The number of hydrogen-bond acceptors (Lipinski definition) is 5. The van der Waals surface area contributed by atoms with Gasteiger partial charge in [0.2, 0.25) is 10.0 Å². The number of halogens is 3. The highest BCUT2D eigenvalue weighted by atomic mass is 35.5. The monoisotopic (exact) mass is 684 g/mol. The van der Waals surface area contributed by atoms with E-state index in [-0.39, 0.29) is 22.9 Å². The van der Waals surface area contributed by atoms with Crippen molar-refractivity contribution in [2.45, 2.75) is 29.2 Å². The van der Waals surface area contributed by atoms with Crippen molar-refractivity contribution < 1.29 is 30.4 Å². The maximum Gasteiger partial charge on any atom is 0.264 e. The van der Waals surface area contributed by atoms with Crippen LogP contribution < -0.4 is 9.04 Å². The fourth-order valence-corrected chi connectivity index (χ4v) is 8.36. The van der Waals surface area contributed by atoms with Gasteiger partial charge in [-0.1, -0.05) is 66.2 Å². The van der Waals surface area contributed by atoms with E-state index in [0.717, 1.165) is 27.9 Å². The molecule has 0 fully saturated rings. The number of hydrogen-bond donors (Lipinski definition) is 0. The summed E-state index contributed by atoms with van der Waals surface area (Å²) >= 11 is 5.97. The van der Waals surface area contributed by atoms with Crippen molar-refractivity contribution in [3.63, 3.8) is 0 Å². The molecular formula is C34H31ClF2N2O5S2. The molecule has 0 bridgehead atoms. The van der Waals surface area contributed by atoms with E-state index < -0.39 is 43.4 Å². The van der Waals surface area contributed by atoms with E-state index in [0.29, 0.717) is 28.1 Å². The first-order valence-corrected chi connectivity index (χ1v) is 17.6. The molecule has 0 saturated carbocycles. The summed E-state index contributed by atoms with van der Waals surface area (Å²) in [6.07, 6.45) is 0.314. The van der Waals surface area contributed by atoms with Gasteiger partial charge in [0.05, 0.1) is 28.1 Å². The van der Waals surface area contributed by atoms with Crippen LogP contribution in [0.4, 0.5) is 14.5 Å². The molecule has 0 heterocycles. The van der Waals surface area contributed by atoms with Crippen molar-refractivity contribution in [1.29, 1.82) is 0 Å². The number of rotatable bonds is 12.